The molecule has 1 N–H and O–H groups in total. The Labute approximate surface area is 173 Å². The second kappa shape index (κ2) is 8.82. The Balaban J connectivity index is 1.37. The second-order valence-electron chi connectivity index (χ2n) is 7.25. The molecule has 0 atom stereocenters. The molecule has 1 saturated heterocycles. The van der Waals surface area contributed by atoms with Crippen molar-refractivity contribution in [1.82, 2.24) is 14.8 Å². The van der Waals surface area contributed by atoms with Crippen molar-refractivity contribution in [1.29, 1.82) is 0 Å². The lowest BCUT2D eigenvalue weighted by molar-refractivity contribution is 0.102. The molecule has 150 valence electrons. The van der Waals surface area contributed by atoms with Gasteiger partial charge in [0.15, 0.2) is 0 Å². The summed E-state index contributed by atoms with van der Waals surface area (Å²) in [6.07, 6.45) is 0. The highest BCUT2D eigenvalue weighted by Gasteiger charge is 2.15. The van der Waals surface area contributed by atoms with Crippen molar-refractivity contribution in [3.05, 3.63) is 71.0 Å². The lowest BCUT2D eigenvalue weighted by Gasteiger charge is -2.32. The van der Waals surface area contributed by atoms with Crippen LogP contribution in [0.2, 0.25) is 0 Å². The summed E-state index contributed by atoms with van der Waals surface area (Å²) in [5.74, 6) is -0.639. The van der Waals surface area contributed by atoms with E-state index in [1.165, 1.54) is 23.0 Å². The molecule has 7 heteroatoms. The average Bonchev–Trinajstić information content (AvgIpc) is 3.22. The minimum atomic E-state index is -0.343. The first-order valence-corrected chi connectivity index (χ1v) is 10.5. The van der Waals surface area contributed by atoms with Crippen molar-refractivity contribution in [2.45, 2.75) is 6.54 Å². The first-order valence-electron chi connectivity index (χ1n) is 9.60. The maximum Gasteiger partial charge on any atom is 0.275 e. The highest BCUT2D eigenvalue weighted by Crippen LogP contribution is 2.26. The first kappa shape index (κ1) is 19.7. The third kappa shape index (κ3) is 4.87. The van der Waals surface area contributed by atoms with Crippen LogP contribution >= 0.6 is 11.3 Å². The van der Waals surface area contributed by atoms with Gasteiger partial charge in [-0.2, -0.15) is 0 Å². The number of likely N-dealkylation sites (N-methyl/N-ethyl adjacent to an activating group) is 1. The summed E-state index contributed by atoms with van der Waals surface area (Å²) in [6.45, 7) is 5.25. The standard InChI is InChI=1S/C22H23FN4OS/c1-26-10-12-27(13-11-26)14-16-6-8-17(9-7-16)24-21(28)20-15-29-22(25-20)18-4-2-3-5-19(18)23/h2-9,15H,10-14H2,1H3,(H,24,28). The van der Waals surface area contributed by atoms with Gasteiger partial charge in [-0.25, -0.2) is 9.37 Å². The van der Waals surface area contributed by atoms with Crippen molar-refractivity contribution in [3.63, 3.8) is 0 Å². The van der Waals surface area contributed by atoms with Crippen molar-refractivity contribution in [2.24, 2.45) is 0 Å². The Kier molecular flexibility index (Phi) is 5.99. The predicted molar refractivity (Wildman–Crippen MR) is 115 cm³/mol. The lowest BCUT2D eigenvalue weighted by Crippen LogP contribution is -2.43. The second-order valence-corrected chi connectivity index (χ2v) is 8.11. The van der Waals surface area contributed by atoms with Crippen molar-refractivity contribution in [2.75, 3.05) is 38.5 Å². The van der Waals surface area contributed by atoms with Gasteiger partial charge in [0.2, 0.25) is 0 Å². The number of nitrogens with zero attached hydrogens (tertiary/aromatic N) is 3. The molecule has 0 unspecified atom stereocenters. The first-order chi connectivity index (χ1) is 14.1. The van der Waals surface area contributed by atoms with E-state index < -0.39 is 0 Å². The van der Waals surface area contributed by atoms with Gasteiger partial charge in [0.05, 0.1) is 0 Å². The molecule has 1 aromatic heterocycles. The van der Waals surface area contributed by atoms with E-state index in [0.29, 0.717) is 10.6 Å². The van der Waals surface area contributed by atoms with Crippen LogP contribution in [0.3, 0.4) is 0 Å². The number of carbonyl (C=O) groups is 1. The van der Waals surface area contributed by atoms with E-state index in [2.05, 4.69) is 27.1 Å². The molecule has 4 rings (SSSR count). The number of rotatable bonds is 5. The van der Waals surface area contributed by atoms with Crippen LogP contribution in [-0.4, -0.2) is 53.9 Å². The van der Waals surface area contributed by atoms with Crippen LogP contribution < -0.4 is 5.32 Å². The van der Waals surface area contributed by atoms with Crippen molar-refractivity contribution < 1.29 is 9.18 Å². The normalized spacial score (nSPS) is 15.4. The number of amides is 1. The third-order valence-corrected chi connectivity index (χ3v) is 5.93. The van der Waals surface area contributed by atoms with E-state index in [0.717, 1.165) is 38.4 Å². The van der Waals surface area contributed by atoms with Gasteiger partial charge in [-0.3, -0.25) is 9.69 Å². The number of carbonyl (C=O) groups excluding carboxylic acids is 1. The summed E-state index contributed by atoms with van der Waals surface area (Å²) in [5, 5.41) is 5.01. The molecule has 1 aliphatic heterocycles. The molecule has 0 bridgehead atoms. The fourth-order valence-electron chi connectivity index (χ4n) is 3.29. The number of nitrogens with one attached hydrogen (secondary N) is 1. The number of piperazine rings is 1. The molecule has 0 spiro atoms. The average molecular weight is 411 g/mol. The van der Waals surface area contributed by atoms with Gasteiger partial charge < -0.3 is 10.2 Å². The Morgan fingerprint density at radius 2 is 1.83 bits per heavy atom. The van der Waals surface area contributed by atoms with Crippen LogP contribution in [0.1, 0.15) is 16.1 Å². The van der Waals surface area contributed by atoms with Crippen LogP contribution in [0, 0.1) is 5.82 Å². The summed E-state index contributed by atoms with van der Waals surface area (Å²) >= 11 is 1.26. The quantitative estimate of drug-likeness (QED) is 0.692. The molecule has 0 saturated carbocycles. The zero-order chi connectivity index (χ0) is 20.2. The summed E-state index contributed by atoms with van der Waals surface area (Å²) in [4.78, 5) is 21.6. The molecule has 3 aromatic rings. The molecule has 0 aliphatic carbocycles. The predicted octanol–water partition coefficient (Wildman–Crippen LogP) is 3.95. The van der Waals surface area contributed by atoms with Gasteiger partial charge in [0.1, 0.15) is 16.5 Å². The fraction of sp³-hybridized carbons (Fsp3) is 0.273. The SMILES string of the molecule is CN1CCN(Cc2ccc(NC(=O)c3csc(-c4ccccc4F)n3)cc2)CC1. The molecule has 1 aliphatic rings. The van der Waals surface area contributed by atoms with E-state index in [4.69, 9.17) is 0 Å². The van der Waals surface area contributed by atoms with E-state index >= 15 is 0 Å². The zero-order valence-electron chi connectivity index (χ0n) is 16.3. The molecule has 2 heterocycles. The molecule has 1 fully saturated rings. The Morgan fingerprint density at radius 3 is 2.55 bits per heavy atom. The Hall–Kier alpha value is -2.61. The summed E-state index contributed by atoms with van der Waals surface area (Å²) < 4.78 is 13.9. The number of hydrogen-bond acceptors (Lipinski definition) is 5. The number of anilines is 1. The summed E-state index contributed by atoms with van der Waals surface area (Å²) in [5.41, 5.74) is 2.64. The maximum absolute atomic E-state index is 13.9. The number of hydrogen-bond donors (Lipinski definition) is 1. The van der Waals surface area contributed by atoms with Crippen LogP contribution in [-0.2, 0) is 6.54 Å². The molecule has 2 aromatic carbocycles. The number of benzene rings is 2. The number of thiazole rings is 1. The van der Waals surface area contributed by atoms with E-state index in [1.807, 2.05) is 24.3 Å². The number of halogens is 1. The molecule has 1 amide bonds. The monoisotopic (exact) mass is 410 g/mol. The van der Waals surface area contributed by atoms with Crippen LogP contribution in [0.25, 0.3) is 10.6 Å². The molecule has 29 heavy (non-hydrogen) atoms. The van der Waals surface area contributed by atoms with E-state index in [-0.39, 0.29) is 17.4 Å². The topological polar surface area (TPSA) is 48.5 Å². The van der Waals surface area contributed by atoms with Crippen LogP contribution in [0.5, 0.6) is 0 Å². The number of aromatic nitrogens is 1. The lowest BCUT2D eigenvalue weighted by atomic mass is 10.1. The minimum absolute atomic E-state index is 0.287. The Bertz CT molecular complexity index is 980. The largest absolute Gasteiger partial charge is 0.321 e. The van der Waals surface area contributed by atoms with Gasteiger partial charge in [0.25, 0.3) is 5.91 Å². The molecule has 5 nitrogen and oxygen atoms in total. The fourth-order valence-corrected chi connectivity index (χ4v) is 4.12. The summed E-state index contributed by atoms with van der Waals surface area (Å²) in [6, 6.07) is 14.3. The van der Waals surface area contributed by atoms with Crippen LogP contribution in [0.4, 0.5) is 10.1 Å². The van der Waals surface area contributed by atoms with Gasteiger partial charge >= 0.3 is 0 Å². The molecular formula is C22H23FN4OS. The zero-order valence-corrected chi connectivity index (χ0v) is 17.1. The highest BCUT2D eigenvalue weighted by atomic mass is 32.1. The van der Waals surface area contributed by atoms with Gasteiger partial charge in [-0.1, -0.05) is 24.3 Å². The van der Waals surface area contributed by atoms with E-state index in [1.54, 1.807) is 23.6 Å². The van der Waals surface area contributed by atoms with Gasteiger partial charge in [-0.15, -0.1) is 11.3 Å². The molecule has 0 radical (unpaired) electrons. The minimum Gasteiger partial charge on any atom is -0.321 e. The summed E-state index contributed by atoms with van der Waals surface area (Å²) in [7, 11) is 2.15. The highest BCUT2D eigenvalue weighted by molar-refractivity contribution is 7.13. The van der Waals surface area contributed by atoms with Gasteiger partial charge in [0, 0.05) is 49.4 Å². The maximum atomic E-state index is 13.9. The van der Waals surface area contributed by atoms with Crippen molar-refractivity contribution in [3.8, 4) is 10.6 Å². The third-order valence-electron chi connectivity index (χ3n) is 5.05. The molecular weight excluding hydrogens is 387 g/mol. The van der Waals surface area contributed by atoms with E-state index in [9.17, 15) is 9.18 Å². The van der Waals surface area contributed by atoms with Crippen LogP contribution in [0.15, 0.2) is 53.9 Å². The smallest absolute Gasteiger partial charge is 0.275 e. The Morgan fingerprint density at radius 1 is 1.10 bits per heavy atom. The van der Waals surface area contributed by atoms with Gasteiger partial charge in [-0.05, 0) is 36.9 Å². The van der Waals surface area contributed by atoms with Crippen molar-refractivity contribution >= 4 is 22.9 Å².